The van der Waals surface area contributed by atoms with Gasteiger partial charge in [-0.2, -0.15) is 13.2 Å². The number of benzene rings is 1. The number of nitrogens with zero attached hydrogens (tertiary/aromatic N) is 2. The zero-order chi connectivity index (χ0) is 27.8. The number of amides is 2. The third-order valence-electron chi connectivity index (χ3n) is 7.28. The van der Waals surface area contributed by atoms with Crippen molar-refractivity contribution in [2.24, 2.45) is 0 Å². The topological polar surface area (TPSA) is 68.3 Å². The van der Waals surface area contributed by atoms with Gasteiger partial charge in [0.05, 0.1) is 31.7 Å². The molecule has 1 aliphatic heterocycles. The molecule has 210 valence electrons. The molecule has 1 heterocycles. The first-order valence-corrected chi connectivity index (χ1v) is 15.7. The minimum atomic E-state index is -5.08. The molecule has 0 aliphatic carbocycles. The van der Waals surface area contributed by atoms with Crippen molar-refractivity contribution in [2.45, 2.75) is 83.1 Å². The van der Waals surface area contributed by atoms with Gasteiger partial charge in [-0.3, -0.25) is 9.69 Å². The summed E-state index contributed by atoms with van der Waals surface area (Å²) in [5.74, 6) is -1.32. The fourth-order valence-electron chi connectivity index (χ4n) is 4.92. The molecule has 0 bridgehead atoms. The predicted octanol–water partition coefficient (Wildman–Crippen LogP) is 5.81. The number of rotatable bonds is 12. The Balaban J connectivity index is 2.48. The van der Waals surface area contributed by atoms with Crippen LogP contribution in [0.3, 0.4) is 0 Å². The number of halogens is 4. The van der Waals surface area contributed by atoms with Crippen molar-refractivity contribution in [1.82, 2.24) is 9.80 Å². The molecule has 2 rings (SSSR count). The Morgan fingerprint density at radius 2 is 1.73 bits per heavy atom. The Morgan fingerprint density at radius 3 is 2.22 bits per heavy atom. The van der Waals surface area contributed by atoms with Crippen LogP contribution in [0.15, 0.2) is 24.3 Å². The predicted molar refractivity (Wildman–Crippen MR) is 138 cm³/mol. The molecular weight excluding hydrogens is 529 g/mol. The van der Waals surface area contributed by atoms with E-state index in [0.717, 1.165) is 23.0 Å². The van der Waals surface area contributed by atoms with Gasteiger partial charge in [-0.25, -0.2) is 4.79 Å². The van der Waals surface area contributed by atoms with Crippen molar-refractivity contribution in [3.63, 3.8) is 0 Å². The van der Waals surface area contributed by atoms with Crippen LogP contribution in [-0.2, 0) is 20.5 Å². The molecule has 0 N–H and O–H groups in total. The van der Waals surface area contributed by atoms with Gasteiger partial charge in [0.1, 0.15) is 12.4 Å². The number of hydrogen-bond donors (Lipinski definition) is 0. The molecule has 1 saturated heterocycles. The van der Waals surface area contributed by atoms with Crippen molar-refractivity contribution < 1.29 is 36.7 Å². The van der Waals surface area contributed by atoms with E-state index < -0.39 is 44.6 Å². The molecule has 7 nitrogen and oxygen atoms in total. The molecule has 1 aliphatic rings. The molecule has 37 heavy (non-hydrogen) atoms. The first-order valence-electron chi connectivity index (χ1n) is 12.6. The van der Waals surface area contributed by atoms with Gasteiger partial charge >= 0.3 is 18.2 Å². The number of likely N-dealkylation sites (tertiary alicyclic amines) is 1. The van der Waals surface area contributed by atoms with Crippen molar-refractivity contribution in [2.75, 3.05) is 26.2 Å². The third kappa shape index (κ3) is 7.76. The summed E-state index contributed by atoms with van der Waals surface area (Å²) in [5, 5.41) is 0. The van der Waals surface area contributed by atoms with Gasteiger partial charge in [-0.05, 0) is 49.2 Å². The summed E-state index contributed by atoms with van der Waals surface area (Å²) in [5.41, 5.74) is 0.508. The van der Waals surface area contributed by atoms with Crippen molar-refractivity contribution in [3.8, 4) is 5.75 Å². The number of methoxy groups -OCH3 is 1. The average Bonchev–Trinajstić information content (AvgIpc) is 3.22. The van der Waals surface area contributed by atoms with Crippen molar-refractivity contribution in [1.29, 1.82) is 0 Å². The van der Waals surface area contributed by atoms with Crippen molar-refractivity contribution >= 4 is 31.9 Å². The van der Waals surface area contributed by atoms with Gasteiger partial charge in [0, 0.05) is 12.6 Å². The summed E-state index contributed by atoms with van der Waals surface area (Å²) >= 11 is 5.68. The van der Waals surface area contributed by atoms with Crippen LogP contribution in [0.4, 0.5) is 18.0 Å². The molecule has 1 aromatic carbocycles. The summed E-state index contributed by atoms with van der Waals surface area (Å²) in [4.78, 5) is 28.0. The minimum Gasteiger partial charge on any atom is -0.497 e. The maximum absolute atomic E-state index is 13.8. The van der Waals surface area contributed by atoms with E-state index in [-0.39, 0.29) is 32.1 Å². The van der Waals surface area contributed by atoms with E-state index in [0.29, 0.717) is 11.3 Å². The van der Waals surface area contributed by atoms with Crippen molar-refractivity contribution in [3.05, 3.63) is 29.8 Å². The van der Waals surface area contributed by atoms with Crippen LogP contribution in [0.5, 0.6) is 5.75 Å². The van der Waals surface area contributed by atoms with E-state index in [2.05, 4.69) is 0 Å². The largest absolute Gasteiger partial charge is 0.497 e. The lowest BCUT2D eigenvalue weighted by Crippen LogP contribution is -2.55. The van der Waals surface area contributed by atoms with Gasteiger partial charge in [0.15, 0.2) is 8.32 Å². The molecule has 3 atom stereocenters. The van der Waals surface area contributed by atoms with Gasteiger partial charge in [-0.1, -0.05) is 32.9 Å². The molecule has 1 fully saturated rings. The fourth-order valence-corrected chi connectivity index (χ4v) is 7.64. The van der Waals surface area contributed by atoms with Gasteiger partial charge in [-0.15, -0.1) is 11.6 Å². The second kappa shape index (κ2) is 13.7. The monoisotopic (exact) mass is 566 g/mol. The second-order valence-corrected chi connectivity index (χ2v) is 14.4. The molecule has 1 aromatic rings. The Morgan fingerprint density at radius 1 is 1.14 bits per heavy atom. The highest BCUT2D eigenvalue weighted by atomic mass is 35.5. The standard InChI is InChI=1S/C25H38ClF3N2O5Si/c1-6-37(7-2,8-3)36-17-22-21(15-18(4)31(22)24(33)35-14-13-26)30(23(32)25(27,28)29)16-19-9-11-20(34-5)12-10-19/h9-12,18,21-22H,6-8,13-17H2,1-5H3/t18-,21+,22+/m1/s1. The van der Waals surface area contributed by atoms with Gasteiger partial charge in [0.2, 0.25) is 0 Å². The summed E-state index contributed by atoms with van der Waals surface area (Å²) in [7, 11) is -0.660. The number of carbonyl (C=O) groups excluding carboxylic acids is 2. The van der Waals surface area contributed by atoms with E-state index in [1.54, 1.807) is 31.2 Å². The van der Waals surface area contributed by atoms with Gasteiger partial charge in [0.25, 0.3) is 0 Å². The highest BCUT2D eigenvalue weighted by molar-refractivity contribution is 6.73. The van der Waals surface area contributed by atoms with Crippen LogP contribution < -0.4 is 4.74 Å². The summed E-state index contributed by atoms with van der Waals surface area (Å²) in [6.45, 7) is 7.59. The van der Waals surface area contributed by atoms with E-state index in [9.17, 15) is 22.8 Å². The molecular formula is C25H38ClF3N2O5Si. The lowest BCUT2D eigenvalue weighted by Gasteiger charge is -2.38. The van der Waals surface area contributed by atoms with Crippen LogP contribution in [0.2, 0.25) is 18.1 Å². The van der Waals surface area contributed by atoms with Crippen LogP contribution in [0, 0.1) is 0 Å². The first kappa shape index (κ1) is 31.2. The second-order valence-electron chi connectivity index (χ2n) is 9.26. The molecule has 2 amide bonds. The van der Waals surface area contributed by atoms with E-state index in [1.807, 2.05) is 20.8 Å². The summed E-state index contributed by atoms with van der Waals surface area (Å²) in [6, 6.07) is 6.80. The quantitative estimate of drug-likeness (QED) is 0.236. The Labute approximate surface area is 223 Å². The zero-order valence-electron chi connectivity index (χ0n) is 22.1. The molecule has 0 saturated carbocycles. The molecule has 0 unspecified atom stereocenters. The van der Waals surface area contributed by atoms with Gasteiger partial charge < -0.3 is 18.8 Å². The smallest absolute Gasteiger partial charge is 0.471 e. The zero-order valence-corrected chi connectivity index (χ0v) is 23.9. The lowest BCUT2D eigenvalue weighted by molar-refractivity contribution is -0.189. The first-order chi connectivity index (χ1) is 17.5. The molecule has 0 radical (unpaired) electrons. The summed E-state index contributed by atoms with van der Waals surface area (Å²) in [6.07, 6.45) is -5.60. The molecule has 0 spiro atoms. The summed E-state index contributed by atoms with van der Waals surface area (Å²) < 4.78 is 58.3. The highest BCUT2D eigenvalue weighted by Crippen LogP contribution is 2.35. The van der Waals surface area contributed by atoms with Crippen LogP contribution in [-0.4, -0.2) is 80.6 Å². The minimum absolute atomic E-state index is 0.0248. The van der Waals surface area contributed by atoms with E-state index in [4.69, 9.17) is 25.5 Å². The van der Waals surface area contributed by atoms with Crippen LogP contribution in [0.1, 0.15) is 39.7 Å². The van der Waals surface area contributed by atoms with E-state index in [1.165, 1.54) is 12.0 Å². The number of ether oxygens (including phenoxy) is 2. The lowest BCUT2D eigenvalue weighted by atomic mass is 10.0. The highest BCUT2D eigenvalue weighted by Gasteiger charge is 2.52. The number of carbonyl (C=O) groups is 2. The average molecular weight is 567 g/mol. The Kier molecular flexibility index (Phi) is 11.6. The maximum atomic E-state index is 13.8. The van der Waals surface area contributed by atoms with E-state index >= 15 is 0 Å². The third-order valence-corrected chi connectivity index (χ3v) is 12.1. The molecule has 0 aromatic heterocycles. The van der Waals surface area contributed by atoms with Crippen LogP contribution in [0.25, 0.3) is 0 Å². The SMILES string of the molecule is CC[Si](CC)(CC)OC[C@H]1[C@@H](N(Cc2ccc(OC)cc2)C(=O)C(F)(F)F)C[C@@H](C)N1C(=O)OCCCl. The molecule has 12 heteroatoms. The normalized spacial score (nSPS) is 20.1. The Hall–Kier alpha value is -1.98. The maximum Gasteiger partial charge on any atom is 0.471 e. The Bertz CT molecular complexity index is 878. The number of alkyl halides is 4. The van der Waals surface area contributed by atoms with Crippen LogP contribution >= 0.6 is 11.6 Å². The fraction of sp³-hybridized carbons (Fsp3) is 0.680. The number of hydrogen-bond acceptors (Lipinski definition) is 5.